The first-order chi connectivity index (χ1) is 11.0. The maximum atomic E-state index is 13.8. The zero-order valence-corrected chi connectivity index (χ0v) is 13.8. The molecule has 3 rings (SSSR count). The highest BCUT2D eigenvalue weighted by Gasteiger charge is 2.47. The van der Waals surface area contributed by atoms with Crippen molar-refractivity contribution in [3.8, 4) is 5.88 Å². The van der Waals surface area contributed by atoms with Crippen LogP contribution in [0.2, 0.25) is 0 Å². The molecular formula is C15H21FN2O4S. The van der Waals surface area contributed by atoms with Crippen LogP contribution in [0, 0.1) is 5.82 Å². The van der Waals surface area contributed by atoms with Crippen LogP contribution in [0.5, 0.6) is 5.88 Å². The van der Waals surface area contributed by atoms with E-state index >= 15 is 0 Å². The van der Waals surface area contributed by atoms with E-state index in [1.54, 1.807) is 0 Å². The molecule has 6 nitrogen and oxygen atoms in total. The van der Waals surface area contributed by atoms with Gasteiger partial charge in [-0.15, -0.1) is 0 Å². The van der Waals surface area contributed by atoms with Gasteiger partial charge in [0.1, 0.15) is 6.10 Å². The SMILES string of the molecule is CCCS(=O)(=O)N1CCO[C@H]2CC[C@H]1[C@H]2Oc1ncccc1F. The van der Waals surface area contributed by atoms with Crippen LogP contribution in [-0.2, 0) is 14.8 Å². The number of pyridine rings is 1. The minimum Gasteiger partial charge on any atom is -0.468 e. The van der Waals surface area contributed by atoms with E-state index in [-0.39, 0.29) is 23.8 Å². The van der Waals surface area contributed by atoms with Gasteiger partial charge in [0.05, 0.1) is 24.5 Å². The third-order valence-electron chi connectivity index (χ3n) is 4.30. The largest absolute Gasteiger partial charge is 0.468 e. The number of nitrogens with zero attached hydrogens (tertiary/aromatic N) is 2. The first kappa shape index (κ1) is 16.6. The Morgan fingerprint density at radius 3 is 3.04 bits per heavy atom. The molecule has 2 heterocycles. The molecule has 0 N–H and O–H groups in total. The van der Waals surface area contributed by atoms with Crippen LogP contribution in [0.4, 0.5) is 4.39 Å². The average molecular weight is 344 g/mol. The lowest BCUT2D eigenvalue weighted by molar-refractivity contribution is 0.000677. The smallest absolute Gasteiger partial charge is 0.250 e. The Bertz CT molecular complexity index is 655. The molecule has 2 fully saturated rings. The van der Waals surface area contributed by atoms with E-state index in [1.165, 1.54) is 22.6 Å². The second-order valence-electron chi connectivity index (χ2n) is 5.85. The second-order valence-corrected chi connectivity index (χ2v) is 7.89. The number of hydrogen-bond acceptors (Lipinski definition) is 5. The number of fused-ring (bicyclic) bond motifs is 2. The summed E-state index contributed by atoms with van der Waals surface area (Å²) in [5.41, 5.74) is 0. The lowest BCUT2D eigenvalue weighted by atomic mass is 10.2. The van der Waals surface area contributed by atoms with Crippen molar-refractivity contribution in [2.75, 3.05) is 18.9 Å². The van der Waals surface area contributed by atoms with E-state index in [1.807, 2.05) is 6.92 Å². The summed E-state index contributed by atoms with van der Waals surface area (Å²) in [5, 5.41) is 0. The van der Waals surface area contributed by atoms with Crippen molar-refractivity contribution in [2.24, 2.45) is 0 Å². The molecule has 1 aromatic rings. The molecule has 3 atom stereocenters. The van der Waals surface area contributed by atoms with Crippen LogP contribution in [0.1, 0.15) is 26.2 Å². The number of aromatic nitrogens is 1. The van der Waals surface area contributed by atoms with Crippen LogP contribution < -0.4 is 4.74 Å². The maximum Gasteiger partial charge on any atom is 0.250 e. The fraction of sp³-hybridized carbons (Fsp3) is 0.667. The zero-order chi connectivity index (χ0) is 16.4. The van der Waals surface area contributed by atoms with Crippen molar-refractivity contribution in [1.29, 1.82) is 0 Å². The summed E-state index contributed by atoms with van der Waals surface area (Å²) >= 11 is 0. The van der Waals surface area contributed by atoms with Crippen molar-refractivity contribution in [1.82, 2.24) is 9.29 Å². The summed E-state index contributed by atoms with van der Waals surface area (Å²) in [6.45, 7) is 2.48. The van der Waals surface area contributed by atoms with Gasteiger partial charge in [-0.1, -0.05) is 6.92 Å². The van der Waals surface area contributed by atoms with Crippen LogP contribution >= 0.6 is 0 Å². The van der Waals surface area contributed by atoms with E-state index < -0.39 is 21.9 Å². The van der Waals surface area contributed by atoms with E-state index in [2.05, 4.69) is 4.98 Å². The summed E-state index contributed by atoms with van der Waals surface area (Å²) in [4.78, 5) is 3.90. The summed E-state index contributed by atoms with van der Waals surface area (Å²) in [5.74, 6) is -0.564. The highest BCUT2D eigenvalue weighted by atomic mass is 32.2. The van der Waals surface area contributed by atoms with Gasteiger partial charge in [0.25, 0.3) is 5.88 Å². The summed E-state index contributed by atoms with van der Waals surface area (Å²) in [6.07, 6.45) is 2.57. The number of sulfonamides is 1. The summed E-state index contributed by atoms with van der Waals surface area (Å²) in [6, 6.07) is 2.42. The van der Waals surface area contributed by atoms with Gasteiger partial charge < -0.3 is 9.47 Å². The standard InChI is InChI=1S/C15H21FN2O4S/c1-2-10-23(19,20)18-8-9-21-13-6-5-12(18)14(13)22-15-11(16)4-3-7-17-15/h3-4,7,12-14H,2,5-6,8-10H2,1H3/t12-,13-,14+/m0/s1. The molecule has 23 heavy (non-hydrogen) atoms. The minimum absolute atomic E-state index is 0.0961. The first-order valence-electron chi connectivity index (χ1n) is 7.91. The molecule has 1 saturated carbocycles. The van der Waals surface area contributed by atoms with Gasteiger partial charge in [-0.25, -0.2) is 17.8 Å². The summed E-state index contributed by atoms with van der Waals surface area (Å²) in [7, 11) is -3.37. The van der Waals surface area contributed by atoms with Gasteiger partial charge in [-0.3, -0.25) is 0 Å². The predicted octanol–water partition coefficient (Wildman–Crippen LogP) is 1.57. The molecule has 2 aliphatic rings. The van der Waals surface area contributed by atoms with Crippen LogP contribution in [0.15, 0.2) is 18.3 Å². The Hall–Kier alpha value is -1.25. The third-order valence-corrected chi connectivity index (χ3v) is 6.39. The molecule has 8 heteroatoms. The van der Waals surface area contributed by atoms with Gasteiger partial charge in [-0.05, 0) is 31.4 Å². The molecule has 2 bridgehead atoms. The Kier molecular flexibility index (Phi) is 4.84. The molecule has 0 unspecified atom stereocenters. The Balaban J connectivity index is 1.86. The highest BCUT2D eigenvalue weighted by molar-refractivity contribution is 7.89. The topological polar surface area (TPSA) is 68.7 Å². The van der Waals surface area contributed by atoms with E-state index in [4.69, 9.17) is 9.47 Å². The second kappa shape index (κ2) is 6.70. The minimum atomic E-state index is -3.37. The van der Waals surface area contributed by atoms with E-state index in [9.17, 15) is 12.8 Å². The molecule has 128 valence electrons. The molecule has 1 aromatic heterocycles. The van der Waals surface area contributed by atoms with Gasteiger partial charge in [0.2, 0.25) is 10.0 Å². The van der Waals surface area contributed by atoms with Crippen LogP contribution in [0.25, 0.3) is 0 Å². The average Bonchev–Trinajstić information content (AvgIpc) is 2.76. The molecule has 0 amide bonds. The quantitative estimate of drug-likeness (QED) is 0.811. The van der Waals surface area contributed by atoms with Gasteiger partial charge in [0, 0.05) is 12.7 Å². The van der Waals surface area contributed by atoms with Crippen molar-refractivity contribution in [3.63, 3.8) is 0 Å². The normalized spacial score (nSPS) is 28.5. The molecule has 1 aliphatic heterocycles. The van der Waals surface area contributed by atoms with Crippen molar-refractivity contribution >= 4 is 10.0 Å². The fourth-order valence-electron chi connectivity index (χ4n) is 3.32. The van der Waals surface area contributed by atoms with Crippen LogP contribution in [0.3, 0.4) is 0 Å². The Labute approximate surface area is 135 Å². The molecule has 0 radical (unpaired) electrons. The molecule has 0 spiro atoms. The van der Waals surface area contributed by atoms with Crippen LogP contribution in [-0.4, -0.2) is 54.9 Å². The highest BCUT2D eigenvalue weighted by Crippen LogP contribution is 2.34. The maximum absolute atomic E-state index is 13.8. The van der Waals surface area contributed by atoms with Gasteiger partial charge in [0.15, 0.2) is 5.82 Å². The Morgan fingerprint density at radius 1 is 1.48 bits per heavy atom. The van der Waals surface area contributed by atoms with Gasteiger partial charge >= 0.3 is 0 Å². The first-order valence-corrected chi connectivity index (χ1v) is 9.52. The number of ether oxygens (including phenoxy) is 2. The molecule has 0 aromatic carbocycles. The van der Waals surface area contributed by atoms with Crippen molar-refractivity contribution in [2.45, 2.75) is 44.4 Å². The fourth-order valence-corrected chi connectivity index (χ4v) is 5.06. The number of hydrogen-bond donors (Lipinski definition) is 0. The zero-order valence-electron chi connectivity index (χ0n) is 13.0. The molecule has 1 saturated heterocycles. The Morgan fingerprint density at radius 2 is 2.30 bits per heavy atom. The summed E-state index contributed by atoms with van der Waals surface area (Å²) < 4.78 is 51.8. The van der Waals surface area contributed by atoms with E-state index in [0.29, 0.717) is 32.4 Å². The van der Waals surface area contributed by atoms with Gasteiger partial charge in [-0.2, -0.15) is 4.31 Å². The van der Waals surface area contributed by atoms with Crippen molar-refractivity contribution in [3.05, 3.63) is 24.1 Å². The third kappa shape index (κ3) is 3.34. The molecule has 1 aliphatic carbocycles. The lowest BCUT2D eigenvalue weighted by Crippen LogP contribution is -2.48. The van der Waals surface area contributed by atoms with Crippen molar-refractivity contribution < 1.29 is 22.3 Å². The molecular weight excluding hydrogens is 323 g/mol. The monoisotopic (exact) mass is 344 g/mol. The number of rotatable bonds is 5. The van der Waals surface area contributed by atoms with E-state index in [0.717, 1.165) is 0 Å². The predicted molar refractivity (Wildman–Crippen MR) is 82.2 cm³/mol. The number of halogens is 1. The lowest BCUT2D eigenvalue weighted by Gasteiger charge is -2.30.